The van der Waals surface area contributed by atoms with Gasteiger partial charge >= 0.3 is 0 Å². The van der Waals surface area contributed by atoms with E-state index >= 15 is 0 Å². The van der Waals surface area contributed by atoms with Gasteiger partial charge in [0.2, 0.25) is 0 Å². The molecule has 0 spiro atoms. The highest BCUT2D eigenvalue weighted by Crippen LogP contribution is 2.26. The van der Waals surface area contributed by atoms with E-state index in [1.54, 1.807) is 18.2 Å². The van der Waals surface area contributed by atoms with Crippen molar-refractivity contribution in [1.29, 1.82) is 5.26 Å². The molecule has 0 saturated heterocycles. The highest BCUT2D eigenvalue weighted by molar-refractivity contribution is 5.67. The van der Waals surface area contributed by atoms with Crippen LogP contribution in [0.4, 0.5) is 5.69 Å². The summed E-state index contributed by atoms with van der Waals surface area (Å²) in [5, 5.41) is 19.6. The number of rotatable bonds is 2. The average Bonchev–Trinajstić information content (AvgIpc) is 2.39. The van der Waals surface area contributed by atoms with E-state index in [1.807, 2.05) is 6.07 Å². The van der Waals surface area contributed by atoms with E-state index in [2.05, 4.69) is 9.97 Å². The molecule has 0 N–H and O–H groups in total. The van der Waals surface area contributed by atoms with Crippen LogP contribution in [0, 0.1) is 21.4 Å². The molecule has 2 aromatic heterocycles. The lowest BCUT2D eigenvalue weighted by molar-refractivity contribution is -0.384. The molecule has 0 aliphatic carbocycles. The number of pyridine rings is 2. The monoisotopic (exact) mass is 226 g/mol. The van der Waals surface area contributed by atoms with Crippen LogP contribution in [-0.4, -0.2) is 14.9 Å². The zero-order valence-electron chi connectivity index (χ0n) is 8.57. The highest BCUT2D eigenvalue weighted by Gasteiger charge is 2.18. The third-order valence-electron chi connectivity index (χ3n) is 2.10. The molecule has 6 nitrogen and oxygen atoms in total. The van der Waals surface area contributed by atoms with Crippen molar-refractivity contribution in [2.75, 3.05) is 0 Å². The molecule has 0 radical (unpaired) electrons. The lowest BCUT2D eigenvalue weighted by Crippen LogP contribution is -1.97. The number of nitriles is 1. The van der Waals surface area contributed by atoms with Crippen molar-refractivity contribution in [2.45, 2.75) is 0 Å². The molecule has 0 amide bonds. The van der Waals surface area contributed by atoms with Crippen LogP contribution in [0.1, 0.15) is 5.56 Å². The van der Waals surface area contributed by atoms with Gasteiger partial charge in [-0.1, -0.05) is 6.07 Å². The number of aromatic nitrogens is 2. The van der Waals surface area contributed by atoms with Gasteiger partial charge in [-0.25, -0.2) is 4.98 Å². The first-order chi connectivity index (χ1) is 8.22. The summed E-state index contributed by atoms with van der Waals surface area (Å²) in [6, 6.07) is 8.05. The van der Waals surface area contributed by atoms with E-state index < -0.39 is 4.92 Å². The Bertz CT molecular complexity index is 605. The van der Waals surface area contributed by atoms with Gasteiger partial charge < -0.3 is 0 Å². The predicted octanol–water partition coefficient (Wildman–Crippen LogP) is 1.92. The first kappa shape index (κ1) is 10.7. The van der Waals surface area contributed by atoms with Gasteiger partial charge in [-0.05, 0) is 12.1 Å². The number of nitro groups is 1. The minimum absolute atomic E-state index is 0.149. The van der Waals surface area contributed by atoms with Crippen LogP contribution in [0.2, 0.25) is 0 Å². The number of hydrogen-bond donors (Lipinski definition) is 0. The maximum Gasteiger partial charge on any atom is 0.298 e. The van der Waals surface area contributed by atoms with Crippen LogP contribution in [0.15, 0.2) is 36.7 Å². The van der Waals surface area contributed by atoms with Gasteiger partial charge in [0.25, 0.3) is 5.69 Å². The fraction of sp³-hybridized carbons (Fsp3) is 0. The van der Waals surface area contributed by atoms with Gasteiger partial charge in [-0.15, -0.1) is 0 Å². The molecular formula is C11H6N4O2. The Morgan fingerprint density at radius 3 is 2.76 bits per heavy atom. The fourth-order valence-electron chi connectivity index (χ4n) is 1.35. The average molecular weight is 226 g/mol. The lowest BCUT2D eigenvalue weighted by atomic mass is 10.2. The first-order valence-electron chi connectivity index (χ1n) is 4.68. The zero-order valence-corrected chi connectivity index (χ0v) is 8.57. The molecule has 2 aromatic rings. The van der Waals surface area contributed by atoms with Gasteiger partial charge in [0.15, 0.2) is 5.69 Å². The standard InChI is InChI=1S/C11H6N4O2/c12-6-8-5-10(15(16)17)11(14-7-8)9-3-1-2-4-13-9/h1-5,7H. The van der Waals surface area contributed by atoms with Crippen molar-refractivity contribution >= 4 is 5.69 Å². The summed E-state index contributed by atoms with van der Waals surface area (Å²) in [4.78, 5) is 18.2. The van der Waals surface area contributed by atoms with Crippen molar-refractivity contribution in [3.63, 3.8) is 0 Å². The lowest BCUT2D eigenvalue weighted by Gasteiger charge is -2.00. The minimum Gasteiger partial charge on any atom is -0.258 e. The predicted molar refractivity (Wildman–Crippen MR) is 58.8 cm³/mol. The number of nitrogens with zero attached hydrogens (tertiary/aromatic N) is 4. The smallest absolute Gasteiger partial charge is 0.258 e. The normalized spacial score (nSPS) is 9.59. The molecule has 0 bridgehead atoms. The Hall–Kier alpha value is -2.81. The molecule has 2 rings (SSSR count). The maximum absolute atomic E-state index is 10.9. The molecule has 0 unspecified atom stereocenters. The second kappa shape index (κ2) is 4.37. The Balaban J connectivity index is 2.63. The summed E-state index contributed by atoms with van der Waals surface area (Å²) < 4.78 is 0. The first-order valence-corrected chi connectivity index (χ1v) is 4.68. The van der Waals surface area contributed by atoms with Crippen LogP contribution in [-0.2, 0) is 0 Å². The Morgan fingerprint density at radius 2 is 2.18 bits per heavy atom. The molecule has 0 fully saturated rings. The van der Waals surface area contributed by atoms with E-state index in [1.165, 1.54) is 18.5 Å². The van der Waals surface area contributed by atoms with Crippen molar-refractivity contribution in [3.05, 3.63) is 52.3 Å². The molecular weight excluding hydrogens is 220 g/mol. The summed E-state index contributed by atoms with van der Waals surface area (Å²) in [6.45, 7) is 0. The molecule has 6 heteroatoms. The van der Waals surface area contributed by atoms with Crippen LogP contribution < -0.4 is 0 Å². The second-order valence-corrected chi connectivity index (χ2v) is 3.18. The quantitative estimate of drug-likeness (QED) is 0.576. The van der Waals surface area contributed by atoms with E-state index in [4.69, 9.17) is 5.26 Å². The van der Waals surface area contributed by atoms with Gasteiger partial charge in [0.05, 0.1) is 16.2 Å². The molecule has 0 atom stereocenters. The fourth-order valence-corrected chi connectivity index (χ4v) is 1.35. The van der Waals surface area contributed by atoms with Gasteiger partial charge in [-0.2, -0.15) is 5.26 Å². The molecule has 82 valence electrons. The molecule has 0 saturated carbocycles. The molecule has 0 aliphatic rings. The van der Waals surface area contributed by atoms with Crippen LogP contribution in [0.5, 0.6) is 0 Å². The summed E-state index contributed by atoms with van der Waals surface area (Å²) >= 11 is 0. The maximum atomic E-state index is 10.9. The van der Waals surface area contributed by atoms with Crippen molar-refractivity contribution in [3.8, 4) is 17.5 Å². The zero-order chi connectivity index (χ0) is 12.3. The Morgan fingerprint density at radius 1 is 1.35 bits per heavy atom. The van der Waals surface area contributed by atoms with E-state index in [9.17, 15) is 10.1 Å². The third kappa shape index (κ3) is 2.08. The van der Waals surface area contributed by atoms with Crippen LogP contribution in [0.3, 0.4) is 0 Å². The third-order valence-corrected chi connectivity index (χ3v) is 2.10. The van der Waals surface area contributed by atoms with Crippen molar-refractivity contribution < 1.29 is 4.92 Å². The molecule has 17 heavy (non-hydrogen) atoms. The van der Waals surface area contributed by atoms with Gasteiger partial charge in [0, 0.05) is 18.5 Å². The number of hydrogen-bond acceptors (Lipinski definition) is 5. The van der Waals surface area contributed by atoms with Gasteiger partial charge in [0.1, 0.15) is 6.07 Å². The van der Waals surface area contributed by atoms with Crippen LogP contribution >= 0.6 is 0 Å². The summed E-state index contributed by atoms with van der Waals surface area (Å²) in [7, 11) is 0. The molecule has 0 aliphatic heterocycles. The Kier molecular flexibility index (Phi) is 2.75. The largest absolute Gasteiger partial charge is 0.298 e. The van der Waals surface area contributed by atoms with Crippen molar-refractivity contribution in [2.24, 2.45) is 0 Å². The van der Waals surface area contributed by atoms with E-state index in [-0.39, 0.29) is 16.9 Å². The van der Waals surface area contributed by atoms with E-state index in [0.29, 0.717) is 5.69 Å². The Labute approximate surface area is 96.3 Å². The summed E-state index contributed by atoms with van der Waals surface area (Å²) in [5.41, 5.74) is 0.498. The van der Waals surface area contributed by atoms with E-state index in [0.717, 1.165) is 0 Å². The van der Waals surface area contributed by atoms with Crippen LogP contribution in [0.25, 0.3) is 11.4 Å². The molecule has 0 aromatic carbocycles. The molecule has 2 heterocycles. The minimum atomic E-state index is -0.572. The topological polar surface area (TPSA) is 92.7 Å². The highest BCUT2D eigenvalue weighted by atomic mass is 16.6. The second-order valence-electron chi connectivity index (χ2n) is 3.18. The summed E-state index contributed by atoms with van der Waals surface area (Å²) in [5.74, 6) is 0. The summed E-state index contributed by atoms with van der Waals surface area (Å²) in [6.07, 6.45) is 2.82. The van der Waals surface area contributed by atoms with Crippen molar-refractivity contribution in [1.82, 2.24) is 9.97 Å². The van der Waals surface area contributed by atoms with Gasteiger partial charge in [-0.3, -0.25) is 15.1 Å². The SMILES string of the molecule is N#Cc1cnc(-c2ccccn2)c([N+](=O)[O-])c1.